The summed E-state index contributed by atoms with van der Waals surface area (Å²) in [5.41, 5.74) is 7.38. The number of hydrogen-bond acceptors (Lipinski definition) is 12. The van der Waals surface area contributed by atoms with Gasteiger partial charge in [0.05, 0.1) is 17.7 Å². The molecule has 2 saturated heterocycles. The predicted molar refractivity (Wildman–Crippen MR) is 150 cm³/mol. The summed E-state index contributed by atoms with van der Waals surface area (Å²) in [5.74, 6) is 1.47. The second-order valence-corrected chi connectivity index (χ2v) is 11.0. The lowest BCUT2D eigenvalue weighted by atomic mass is 9.67. The Morgan fingerprint density at radius 3 is 2.77 bits per heavy atom. The minimum absolute atomic E-state index is 0.102. The number of allylic oxidation sites excluding steroid dienone is 3. The zero-order valence-corrected chi connectivity index (χ0v) is 23.5. The standard InChI is InChI=1S/C28H40N8O4/c1-5-22(26(4)11-8-7-9-21(26)19(13-29)14-30)31-18(3)24-32-23(6-2)33-25(34-24)36-15-20-10-12-27(16-36,35-20)17-40-28(37,38)39/h9,13,20,35,37-39H,3,5-8,10-12,15-17,29H2,1-2,4H3. The molecular formula is C28H40N8O4. The van der Waals surface area contributed by atoms with Gasteiger partial charge in [-0.05, 0) is 44.1 Å². The summed E-state index contributed by atoms with van der Waals surface area (Å²) >= 11 is 0. The highest BCUT2D eigenvalue weighted by Gasteiger charge is 2.47. The summed E-state index contributed by atoms with van der Waals surface area (Å²) in [7, 11) is 0. The van der Waals surface area contributed by atoms with Gasteiger partial charge in [-0.15, -0.1) is 0 Å². The summed E-state index contributed by atoms with van der Waals surface area (Å²) in [6.07, 6.45) is 5.78. The monoisotopic (exact) mass is 552 g/mol. The predicted octanol–water partition coefficient (Wildman–Crippen LogP) is 1.65. The van der Waals surface area contributed by atoms with Crippen molar-refractivity contribution in [3.05, 3.63) is 41.6 Å². The quantitative estimate of drug-likeness (QED) is 0.161. The number of nitriles is 1. The van der Waals surface area contributed by atoms with Gasteiger partial charge in [-0.2, -0.15) is 15.2 Å². The number of aromatic nitrogens is 3. The second kappa shape index (κ2) is 11.7. The Hall–Kier alpha value is -3.21. The van der Waals surface area contributed by atoms with Crippen LogP contribution in [-0.4, -0.2) is 73.4 Å². The van der Waals surface area contributed by atoms with Gasteiger partial charge in [0, 0.05) is 42.9 Å². The van der Waals surface area contributed by atoms with E-state index in [1.165, 1.54) is 6.20 Å². The number of nitrogens with two attached hydrogens (primary N) is 1. The topological polar surface area (TPSA) is 186 Å². The van der Waals surface area contributed by atoms with Crippen LogP contribution in [0.4, 0.5) is 5.95 Å². The molecule has 3 atom stereocenters. The first kappa shape index (κ1) is 29.8. The number of aryl methyl sites for hydroxylation is 1. The van der Waals surface area contributed by atoms with E-state index in [4.69, 9.17) is 20.4 Å². The molecule has 2 fully saturated rings. The maximum Gasteiger partial charge on any atom is 0.405 e. The van der Waals surface area contributed by atoms with E-state index in [0.717, 1.165) is 43.4 Å². The second-order valence-electron chi connectivity index (χ2n) is 11.0. The summed E-state index contributed by atoms with van der Waals surface area (Å²) in [4.78, 5) is 21.1. The highest BCUT2D eigenvalue weighted by molar-refractivity contribution is 5.97. The molecule has 6 N–H and O–H groups in total. The van der Waals surface area contributed by atoms with E-state index in [9.17, 15) is 20.6 Å². The van der Waals surface area contributed by atoms with Gasteiger partial charge in [-0.1, -0.05) is 33.4 Å². The number of nitrogens with zero attached hydrogens (tertiary/aromatic N) is 6. The van der Waals surface area contributed by atoms with Crippen LogP contribution in [0.1, 0.15) is 70.9 Å². The first-order valence-electron chi connectivity index (χ1n) is 13.8. The first-order chi connectivity index (χ1) is 19.0. The van der Waals surface area contributed by atoms with Gasteiger partial charge in [-0.25, -0.2) is 4.98 Å². The highest BCUT2D eigenvalue weighted by Crippen LogP contribution is 2.43. The first-order valence-corrected chi connectivity index (χ1v) is 13.8. The molecule has 2 bridgehead atoms. The average molecular weight is 553 g/mol. The number of fused-ring (bicyclic) bond motifs is 2. The summed E-state index contributed by atoms with van der Waals surface area (Å²) in [5, 5.41) is 41.0. The number of aliphatic hydroxyl groups is 3. The van der Waals surface area contributed by atoms with E-state index in [-0.39, 0.29) is 12.6 Å². The Morgan fingerprint density at radius 2 is 2.12 bits per heavy atom. The number of anilines is 1. The SMILES string of the molecule is C=C(N=C(CC)C1(C)CCCC=C1C(C#N)=CN)c1nc(CC)nc(N2CC3CCC(COC(O)(O)O)(C2)N3)n1. The zero-order valence-electron chi connectivity index (χ0n) is 23.5. The minimum Gasteiger partial charge on any atom is -0.404 e. The Morgan fingerprint density at radius 1 is 1.35 bits per heavy atom. The third kappa shape index (κ3) is 6.24. The molecule has 2 aliphatic heterocycles. The molecule has 4 rings (SSSR count). The normalized spacial score (nSPS) is 27.4. The van der Waals surface area contributed by atoms with Gasteiger partial charge in [0.2, 0.25) is 5.95 Å². The van der Waals surface area contributed by atoms with Crippen molar-refractivity contribution in [3.8, 4) is 6.07 Å². The molecule has 40 heavy (non-hydrogen) atoms. The van der Waals surface area contributed by atoms with Crippen LogP contribution in [0.3, 0.4) is 0 Å². The number of aliphatic imine (C=N–C) groups is 1. The van der Waals surface area contributed by atoms with Crippen LogP contribution in [0.5, 0.6) is 0 Å². The van der Waals surface area contributed by atoms with Gasteiger partial charge in [0.25, 0.3) is 0 Å². The molecule has 0 spiro atoms. The van der Waals surface area contributed by atoms with Gasteiger partial charge in [0.15, 0.2) is 5.82 Å². The lowest BCUT2D eigenvalue weighted by Crippen LogP contribution is -2.63. The van der Waals surface area contributed by atoms with E-state index in [1.54, 1.807) is 0 Å². The molecule has 12 nitrogen and oxygen atoms in total. The molecule has 0 aromatic carbocycles. The van der Waals surface area contributed by atoms with Crippen LogP contribution in [0.25, 0.3) is 5.70 Å². The number of hydrogen-bond donors (Lipinski definition) is 5. The van der Waals surface area contributed by atoms with Crippen molar-refractivity contribution in [2.75, 3.05) is 24.6 Å². The summed E-state index contributed by atoms with van der Waals surface area (Å²) in [6, 6.07) is 2.36. The van der Waals surface area contributed by atoms with Crippen molar-refractivity contribution >= 4 is 17.4 Å². The van der Waals surface area contributed by atoms with E-state index in [2.05, 4.69) is 40.9 Å². The summed E-state index contributed by atoms with van der Waals surface area (Å²) in [6.45, 7) is 11.3. The lowest BCUT2D eigenvalue weighted by Gasteiger charge is -2.41. The zero-order chi connectivity index (χ0) is 29.1. The number of ether oxygens (including phenoxy) is 1. The molecule has 1 aromatic heterocycles. The van der Waals surface area contributed by atoms with Crippen LogP contribution in [0, 0.1) is 16.7 Å². The molecule has 1 aromatic rings. The van der Waals surface area contributed by atoms with Crippen LogP contribution in [0.15, 0.2) is 35.0 Å². The fourth-order valence-electron chi connectivity index (χ4n) is 6.13. The summed E-state index contributed by atoms with van der Waals surface area (Å²) < 4.78 is 4.90. The van der Waals surface area contributed by atoms with Crippen LogP contribution < -0.4 is 16.0 Å². The van der Waals surface area contributed by atoms with Crippen LogP contribution in [-0.2, 0) is 11.2 Å². The molecule has 3 heterocycles. The molecule has 12 heteroatoms. The van der Waals surface area contributed by atoms with Crippen molar-refractivity contribution in [2.24, 2.45) is 16.1 Å². The van der Waals surface area contributed by atoms with E-state index in [0.29, 0.717) is 54.8 Å². The molecule has 0 radical (unpaired) electrons. The van der Waals surface area contributed by atoms with Gasteiger partial charge >= 0.3 is 6.16 Å². The molecule has 216 valence electrons. The average Bonchev–Trinajstić information content (AvgIpc) is 3.24. The number of piperazine rings is 1. The maximum absolute atomic E-state index is 9.69. The highest BCUT2D eigenvalue weighted by atomic mass is 16.9. The number of rotatable bonds is 10. The Kier molecular flexibility index (Phi) is 8.72. The number of nitrogens with one attached hydrogen (secondary N) is 1. The molecule has 1 aliphatic carbocycles. The van der Waals surface area contributed by atoms with Gasteiger partial charge in [-0.3, -0.25) is 4.99 Å². The smallest absolute Gasteiger partial charge is 0.404 e. The molecule has 0 amide bonds. The van der Waals surface area contributed by atoms with Gasteiger partial charge in [0.1, 0.15) is 17.6 Å². The van der Waals surface area contributed by atoms with Crippen LogP contribution in [0.2, 0.25) is 0 Å². The maximum atomic E-state index is 9.69. The van der Waals surface area contributed by atoms with Crippen molar-refractivity contribution < 1.29 is 20.1 Å². The molecule has 3 aliphatic rings. The van der Waals surface area contributed by atoms with Crippen molar-refractivity contribution in [2.45, 2.75) is 83.5 Å². The van der Waals surface area contributed by atoms with Crippen molar-refractivity contribution in [3.63, 3.8) is 0 Å². The Balaban J connectivity index is 1.65. The fourth-order valence-corrected chi connectivity index (χ4v) is 6.13. The minimum atomic E-state index is -3.20. The molecule has 3 unspecified atom stereocenters. The Labute approximate surface area is 235 Å². The Bertz CT molecular complexity index is 1260. The van der Waals surface area contributed by atoms with E-state index >= 15 is 0 Å². The van der Waals surface area contributed by atoms with Gasteiger partial charge < -0.3 is 36.0 Å². The van der Waals surface area contributed by atoms with Crippen molar-refractivity contribution in [1.29, 1.82) is 5.26 Å². The van der Waals surface area contributed by atoms with E-state index < -0.39 is 17.1 Å². The van der Waals surface area contributed by atoms with E-state index in [1.807, 2.05) is 18.7 Å². The largest absolute Gasteiger partial charge is 0.405 e. The fraction of sp³-hybridized carbons (Fsp3) is 0.607. The third-order valence-electron chi connectivity index (χ3n) is 8.13. The lowest BCUT2D eigenvalue weighted by molar-refractivity contribution is -0.457. The van der Waals surface area contributed by atoms with Crippen molar-refractivity contribution in [1.82, 2.24) is 20.3 Å². The van der Waals surface area contributed by atoms with Crippen LogP contribution >= 0.6 is 0 Å². The molecular weight excluding hydrogens is 512 g/mol. The third-order valence-corrected chi connectivity index (χ3v) is 8.13. The molecule has 0 saturated carbocycles.